The van der Waals surface area contributed by atoms with Crippen LogP contribution in [0.15, 0.2) is 29.2 Å². The van der Waals surface area contributed by atoms with E-state index >= 15 is 0 Å². The summed E-state index contributed by atoms with van der Waals surface area (Å²) in [6, 6.07) is 2.91. The number of benzene rings is 1. The predicted octanol–water partition coefficient (Wildman–Crippen LogP) is 2.56. The Labute approximate surface area is 115 Å². The van der Waals surface area contributed by atoms with E-state index in [1.165, 1.54) is 20.8 Å². The van der Waals surface area contributed by atoms with Gasteiger partial charge in [0.05, 0.1) is 10.5 Å². The van der Waals surface area contributed by atoms with Crippen molar-refractivity contribution in [1.29, 1.82) is 0 Å². The molecule has 1 N–H and O–H groups in total. The molecule has 1 aromatic carbocycles. The van der Waals surface area contributed by atoms with Crippen molar-refractivity contribution in [3.63, 3.8) is 0 Å². The average Bonchev–Trinajstić information content (AvgIpc) is 2.26. The molecule has 0 saturated carbocycles. The number of hydrogen-bond acceptors (Lipinski definition) is 3. The lowest BCUT2D eigenvalue weighted by Gasteiger charge is -2.17. The normalized spacial score (nSPS) is 13.1. The fourth-order valence-corrected chi connectivity index (χ4v) is 2.32. The Morgan fingerprint density at radius 3 is 1.85 bits per heavy atom. The van der Waals surface area contributed by atoms with E-state index in [1.807, 2.05) is 4.72 Å². The van der Waals surface area contributed by atoms with E-state index in [-0.39, 0.29) is 0 Å². The highest BCUT2D eigenvalue weighted by Gasteiger charge is 2.31. The van der Waals surface area contributed by atoms with Crippen molar-refractivity contribution in [2.45, 2.75) is 31.8 Å². The minimum atomic E-state index is -4.54. The van der Waals surface area contributed by atoms with Crippen LogP contribution in [0.4, 0.5) is 13.2 Å². The minimum Gasteiger partial charge on any atom is -0.273 e. The van der Waals surface area contributed by atoms with Crippen LogP contribution in [0.25, 0.3) is 0 Å². The summed E-state index contributed by atoms with van der Waals surface area (Å²) in [4.78, 5) is 11.2. The highest BCUT2D eigenvalue weighted by Crippen LogP contribution is 2.29. The maximum atomic E-state index is 12.4. The van der Waals surface area contributed by atoms with Crippen molar-refractivity contribution in [2.24, 2.45) is 5.41 Å². The van der Waals surface area contributed by atoms with Gasteiger partial charge >= 0.3 is 6.18 Å². The SMILES string of the molecule is CC(C)(C)C(=O)NS(=O)(=O)c1ccc(C(F)(F)F)cc1. The van der Waals surface area contributed by atoms with Gasteiger partial charge in [-0.2, -0.15) is 13.2 Å². The molecular formula is C12H14F3NO3S. The van der Waals surface area contributed by atoms with Gasteiger partial charge in [0.15, 0.2) is 0 Å². The summed E-state index contributed by atoms with van der Waals surface area (Å²) in [5, 5.41) is 0. The van der Waals surface area contributed by atoms with Gasteiger partial charge in [0.1, 0.15) is 0 Å². The Bertz CT molecular complexity index is 598. The fourth-order valence-electron chi connectivity index (χ4n) is 1.16. The largest absolute Gasteiger partial charge is 0.416 e. The van der Waals surface area contributed by atoms with Crippen LogP contribution in [0.1, 0.15) is 26.3 Å². The zero-order valence-corrected chi connectivity index (χ0v) is 11.9. The zero-order chi connectivity index (χ0) is 15.8. The number of sulfonamides is 1. The molecule has 0 fully saturated rings. The van der Waals surface area contributed by atoms with Gasteiger partial charge in [-0.05, 0) is 24.3 Å². The van der Waals surface area contributed by atoms with E-state index in [4.69, 9.17) is 0 Å². The summed E-state index contributed by atoms with van der Waals surface area (Å²) in [5.74, 6) is -0.739. The van der Waals surface area contributed by atoms with Gasteiger partial charge in [-0.3, -0.25) is 4.79 Å². The van der Waals surface area contributed by atoms with E-state index in [0.29, 0.717) is 12.1 Å². The smallest absolute Gasteiger partial charge is 0.273 e. The number of carbonyl (C=O) groups is 1. The molecule has 1 aromatic rings. The highest BCUT2D eigenvalue weighted by atomic mass is 32.2. The average molecular weight is 309 g/mol. The first-order valence-corrected chi connectivity index (χ1v) is 7.07. The van der Waals surface area contributed by atoms with Crippen LogP contribution in [0.2, 0.25) is 0 Å². The number of nitrogens with one attached hydrogen (secondary N) is 1. The van der Waals surface area contributed by atoms with Crippen molar-refractivity contribution in [3.05, 3.63) is 29.8 Å². The number of amides is 1. The Morgan fingerprint density at radius 2 is 1.50 bits per heavy atom. The molecule has 20 heavy (non-hydrogen) atoms. The molecule has 8 heteroatoms. The molecule has 4 nitrogen and oxygen atoms in total. The van der Waals surface area contributed by atoms with Gasteiger partial charge in [-0.25, -0.2) is 13.1 Å². The molecule has 0 aromatic heterocycles. The Morgan fingerprint density at radius 1 is 1.05 bits per heavy atom. The second kappa shape index (κ2) is 5.08. The molecule has 0 saturated heterocycles. The van der Waals surface area contributed by atoms with Crippen LogP contribution < -0.4 is 4.72 Å². The molecule has 0 aliphatic carbocycles. The zero-order valence-electron chi connectivity index (χ0n) is 11.1. The number of hydrogen-bond donors (Lipinski definition) is 1. The van der Waals surface area contributed by atoms with E-state index in [1.54, 1.807) is 0 Å². The van der Waals surface area contributed by atoms with Gasteiger partial charge in [-0.15, -0.1) is 0 Å². The molecule has 0 spiro atoms. The lowest BCUT2D eigenvalue weighted by atomic mass is 9.96. The molecule has 1 rings (SSSR count). The maximum Gasteiger partial charge on any atom is 0.416 e. The maximum absolute atomic E-state index is 12.4. The third-order valence-electron chi connectivity index (χ3n) is 2.40. The number of carbonyl (C=O) groups excluding carboxylic acids is 1. The van der Waals surface area contributed by atoms with E-state index in [0.717, 1.165) is 12.1 Å². The third-order valence-corrected chi connectivity index (χ3v) is 3.75. The van der Waals surface area contributed by atoms with Crippen molar-refractivity contribution in [1.82, 2.24) is 4.72 Å². The monoisotopic (exact) mass is 309 g/mol. The second-order valence-electron chi connectivity index (χ2n) is 5.21. The molecule has 0 aliphatic rings. The fraction of sp³-hybridized carbons (Fsp3) is 0.417. The van der Waals surface area contributed by atoms with Gasteiger partial charge in [0, 0.05) is 5.41 Å². The molecule has 112 valence electrons. The summed E-state index contributed by atoms with van der Waals surface area (Å²) in [5.41, 5.74) is -1.89. The van der Waals surface area contributed by atoms with Crippen LogP contribution in [0, 0.1) is 5.41 Å². The molecule has 0 radical (unpaired) electrons. The summed E-state index contributed by atoms with van der Waals surface area (Å²) in [6.07, 6.45) is -4.54. The quantitative estimate of drug-likeness (QED) is 0.913. The Hall–Kier alpha value is -1.57. The van der Waals surface area contributed by atoms with Crippen molar-refractivity contribution in [2.75, 3.05) is 0 Å². The molecular weight excluding hydrogens is 295 g/mol. The lowest BCUT2D eigenvalue weighted by Crippen LogP contribution is -2.38. The molecule has 0 bridgehead atoms. The van der Waals surface area contributed by atoms with Crippen LogP contribution in [-0.4, -0.2) is 14.3 Å². The topological polar surface area (TPSA) is 63.2 Å². The first-order valence-electron chi connectivity index (χ1n) is 5.58. The van der Waals surface area contributed by atoms with Gasteiger partial charge in [-0.1, -0.05) is 20.8 Å². The van der Waals surface area contributed by atoms with Crippen LogP contribution in [0.3, 0.4) is 0 Å². The minimum absolute atomic E-state index is 0.400. The summed E-state index contributed by atoms with van der Waals surface area (Å²) in [6.45, 7) is 4.56. The molecule has 0 heterocycles. The van der Waals surface area contributed by atoms with Crippen molar-refractivity contribution >= 4 is 15.9 Å². The highest BCUT2D eigenvalue weighted by molar-refractivity contribution is 7.90. The third kappa shape index (κ3) is 3.96. The molecule has 1 amide bonds. The first kappa shape index (κ1) is 16.5. The van der Waals surface area contributed by atoms with Gasteiger partial charge < -0.3 is 0 Å². The van der Waals surface area contributed by atoms with Crippen LogP contribution >= 0.6 is 0 Å². The predicted molar refractivity (Wildman–Crippen MR) is 66.2 cm³/mol. The Kier molecular flexibility index (Phi) is 4.19. The number of alkyl halides is 3. The molecule has 0 atom stereocenters. The summed E-state index contributed by atoms with van der Waals surface area (Å²) < 4.78 is 62.6. The first-order chi connectivity index (χ1) is 8.84. The van der Waals surface area contributed by atoms with Gasteiger partial charge in [0.25, 0.3) is 10.0 Å². The van der Waals surface area contributed by atoms with Crippen molar-refractivity contribution in [3.8, 4) is 0 Å². The Balaban J connectivity index is 3.03. The van der Waals surface area contributed by atoms with Crippen LogP contribution in [-0.2, 0) is 21.0 Å². The van der Waals surface area contributed by atoms with Crippen LogP contribution in [0.5, 0.6) is 0 Å². The number of rotatable bonds is 2. The van der Waals surface area contributed by atoms with Crippen molar-refractivity contribution < 1.29 is 26.4 Å². The lowest BCUT2D eigenvalue weighted by molar-refractivity contribution is -0.137. The molecule has 0 unspecified atom stereocenters. The van der Waals surface area contributed by atoms with Gasteiger partial charge in [0.2, 0.25) is 5.91 Å². The van der Waals surface area contributed by atoms with E-state index < -0.39 is 38.0 Å². The summed E-state index contributed by atoms with van der Waals surface area (Å²) >= 11 is 0. The van der Waals surface area contributed by atoms with E-state index in [9.17, 15) is 26.4 Å². The second-order valence-corrected chi connectivity index (χ2v) is 6.89. The number of halogens is 3. The summed E-state index contributed by atoms with van der Waals surface area (Å²) in [7, 11) is -4.17. The molecule has 0 aliphatic heterocycles. The standard InChI is InChI=1S/C12H14F3NO3S/c1-11(2,3)10(17)16-20(18,19)9-6-4-8(5-7-9)12(13,14)15/h4-7H,1-3H3,(H,16,17). The van der Waals surface area contributed by atoms with E-state index in [2.05, 4.69) is 0 Å².